The molecular weight excluding hydrogens is 472 g/mol. The Bertz CT molecular complexity index is 1460. The zero-order chi connectivity index (χ0) is 26.5. The third kappa shape index (κ3) is 3.29. The van der Waals surface area contributed by atoms with Crippen LogP contribution in [0.2, 0.25) is 0 Å². The molecule has 4 aromatic carbocycles. The summed E-state index contributed by atoms with van der Waals surface area (Å²) in [5.74, 6) is -0.831. The highest BCUT2D eigenvalue weighted by molar-refractivity contribution is 5.91. The number of fused-ring (bicyclic) bond motifs is 1. The number of ether oxygens (including phenoxy) is 2. The number of benzene rings is 4. The minimum atomic E-state index is -0.741. The maximum absolute atomic E-state index is 13.6. The third-order valence-electron chi connectivity index (χ3n) is 8.55. The number of carbonyl (C=O) groups excluding carboxylic acids is 2. The molecule has 0 aliphatic heterocycles. The first-order chi connectivity index (χ1) is 18.4. The molecule has 0 saturated heterocycles. The van der Waals surface area contributed by atoms with Crippen molar-refractivity contribution < 1.29 is 19.1 Å². The molecule has 2 bridgehead atoms. The van der Waals surface area contributed by atoms with Crippen LogP contribution in [0.4, 0.5) is 0 Å². The normalized spacial score (nSPS) is 24.8. The number of carbonyl (C=O) groups is 2. The maximum Gasteiger partial charge on any atom is 0.338 e. The summed E-state index contributed by atoms with van der Waals surface area (Å²) in [6.07, 6.45) is -1.48. The van der Waals surface area contributed by atoms with Gasteiger partial charge in [0.15, 0.2) is 12.2 Å². The van der Waals surface area contributed by atoms with Crippen LogP contribution < -0.4 is 0 Å². The largest absolute Gasteiger partial charge is 0.453 e. The molecule has 0 amide bonds. The van der Waals surface area contributed by atoms with E-state index >= 15 is 0 Å². The van der Waals surface area contributed by atoms with E-state index in [1.165, 1.54) is 0 Å². The lowest BCUT2D eigenvalue weighted by Crippen LogP contribution is -2.68. The van der Waals surface area contributed by atoms with Crippen LogP contribution >= 0.6 is 0 Å². The van der Waals surface area contributed by atoms with E-state index in [1.54, 1.807) is 24.3 Å². The molecule has 3 aliphatic carbocycles. The summed E-state index contributed by atoms with van der Waals surface area (Å²) < 4.78 is 12.9. The van der Waals surface area contributed by atoms with Crippen molar-refractivity contribution in [2.24, 2.45) is 5.92 Å². The molecule has 0 spiro atoms. The lowest BCUT2D eigenvalue weighted by Gasteiger charge is -2.62. The minimum absolute atomic E-state index is 0.0288. The van der Waals surface area contributed by atoms with Gasteiger partial charge < -0.3 is 9.47 Å². The van der Waals surface area contributed by atoms with Gasteiger partial charge in [0.1, 0.15) is 0 Å². The first-order valence-corrected chi connectivity index (χ1v) is 13.1. The summed E-state index contributed by atoms with van der Waals surface area (Å²) in [6.45, 7) is 6.42. The van der Waals surface area contributed by atoms with Crippen molar-refractivity contribution in [2.45, 2.75) is 43.8 Å². The molecule has 4 heteroatoms. The Morgan fingerprint density at radius 2 is 0.947 bits per heavy atom. The first kappa shape index (κ1) is 24.2. The predicted octanol–water partition coefficient (Wildman–Crippen LogP) is 6.71. The monoisotopic (exact) mass is 502 g/mol. The van der Waals surface area contributed by atoms with Crippen LogP contribution in [0.5, 0.6) is 0 Å². The van der Waals surface area contributed by atoms with Gasteiger partial charge in [-0.15, -0.1) is 0 Å². The Balaban J connectivity index is 1.60. The molecule has 190 valence electrons. The van der Waals surface area contributed by atoms with Crippen molar-refractivity contribution in [3.8, 4) is 0 Å². The van der Waals surface area contributed by atoms with E-state index < -0.39 is 35.0 Å². The molecule has 0 N–H and O–H groups in total. The lowest BCUT2D eigenvalue weighted by atomic mass is 9.44. The fraction of sp³-hybridized carbons (Fsp3) is 0.235. The second kappa shape index (κ2) is 8.98. The van der Waals surface area contributed by atoms with Gasteiger partial charge in [-0.05, 0) is 59.4 Å². The zero-order valence-electron chi connectivity index (χ0n) is 21.8. The van der Waals surface area contributed by atoms with Crippen molar-refractivity contribution in [3.63, 3.8) is 0 Å². The number of hydrogen-bond acceptors (Lipinski definition) is 4. The van der Waals surface area contributed by atoms with Crippen molar-refractivity contribution in [3.05, 3.63) is 143 Å². The molecule has 3 aliphatic rings. The van der Waals surface area contributed by atoms with Gasteiger partial charge in [0.2, 0.25) is 0 Å². The molecule has 7 rings (SSSR count). The second-order valence-electron chi connectivity index (χ2n) is 10.7. The van der Waals surface area contributed by atoms with E-state index in [-0.39, 0.29) is 5.92 Å². The third-order valence-corrected chi connectivity index (χ3v) is 8.55. The van der Waals surface area contributed by atoms with Crippen LogP contribution in [0.1, 0.15) is 63.7 Å². The quantitative estimate of drug-likeness (QED) is 0.285. The van der Waals surface area contributed by atoms with E-state index in [2.05, 4.69) is 45.0 Å². The number of esters is 2. The summed E-state index contributed by atoms with van der Waals surface area (Å²) >= 11 is 0. The van der Waals surface area contributed by atoms with Crippen molar-refractivity contribution >= 4 is 11.9 Å². The van der Waals surface area contributed by atoms with Crippen LogP contribution in [-0.2, 0) is 20.3 Å². The molecule has 2 unspecified atom stereocenters. The van der Waals surface area contributed by atoms with E-state index in [4.69, 9.17) is 9.47 Å². The van der Waals surface area contributed by atoms with Gasteiger partial charge in [0.25, 0.3) is 0 Å². The predicted molar refractivity (Wildman–Crippen MR) is 146 cm³/mol. The smallest absolute Gasteiger partial charge is 0.338 e. The van der Waals surface area contributed by atoms with Gasteiger partial charge in [-0.1, -0.05) is 98.8 Å². The highest BCUT2D eigenvalue weighted by Crippen LogP contribution is 2.63. The molecule has 4 nitrogen and oxygen atoms in total. The Kier molecular flexibility index (Phi) is 5.71. The molecule has 0 saturated carbocycles. The Labute approximate surface area is 223 Å². The van der Waals surface area contributed by atoms with Crippen molar-refractivity contribution in [2.75, 3.05) is 0 Å². The van der Waals surface area contributed by atoms with Crippen LogP contribution in [0.3, 0.4) is 0 Å². The van der Waals surface area contributed by atoms with Gasteiger partial charge in [0, 0.05) is 0 Å². The van der Waals surface area contributed by atoms with E-state index in [0.29, 0.717) is 11.1 Å². The van der Waals surface area contributed by atoms with E-state index in [0.717, 1.165) is 22.3 Å². The summed E-state index contributed by atoms with van der Waals surface area (Å²) in [7, 11) is 0. The molecule has 2 atom stereocenters. The van der Waals surface area contributed by atoms with Gasteiger partial charge in [-0.25, -0.2) is 9.59 Å². The average Bonchev–Trinajstić information content (AvgIpc) is 2.96. The van der Waals surface area contributed by atoms with E-state index in [1.807, 2.05) is 60.7 Å². The fourth-order valence-corrected chi connectivity index (χ4v) is 6.84. The number of hydrogen-bond donors (Lipinski definition) is 0. The van der Waals surface area contributed by atoms with Gasteiger partial charge in [-0.2, -0.15) is 0 Å². The molecule has 0 heterocycles. The standard InChI is InChI=1S/C34H30O4/c1-22(2)34-27-20-12-10-18-25(27)33(3,26-19-11-13-21-28(26)34)29(37-31(35)23-14-6-4-7-15-23)30(34)38-32(36)24-16-8-5-9-17-24/h4-22,29-30H,1-3H3/t29?,30?,33-,34+. The second-order valence-corrected chi connectivity index (χ2v) is 10.7. The van der Waals surface area contributed by atoms with Gasteiger partial charge >= 0.3 is 11.9 Å². The Morgan fingerprint density at radius 3 is 1.37 bits per heavy atom. The molecular formula is C34H30O4. The molecule has 4 aromatic rings. The van der Waals surface area contributed by atoms with Crippen LogP contribution in [0, 0.1) is 5.92 Å². The van der Waals surface area contributed by atoms with Crippen LogP contribution in [-0.4, -0.2) is 24.1 Å². The average molecular weight is 503 g/mol. The Morgan fingerprint density at radius 1 is 0.579 bits per heavy atom. The maximum atomic E-state index is 13.6. The summed E-state index contributed by atoms with van der Waals surface area (Å²) in [6, 6.07) is 34.7. The SMILES string of the molecule is CC(C)[C@]12c3ccccc3[C@](C)(c3ccccc31)C(OC(=O)c1ccccc1)C2OC(=O)c1ccccc1. The van der Waals surface area contributed by atoms with Gasteiger partial charge in [0.05, 0.1) is 22.0 Å². The molecule has 38 heavy (non-hydrogen) atoms. The lowest BCUT2D eigenvalue weighted by molar-refractivity contribution is -0.103. The van der Waals surface area contributed by atoms with Crippen LogP contribution in [0.15, 0.2) is 109 Å². The Hall–Kier alpha value is -4.18. The summed E-state index contributed by atoms with van der Waals surface area (Å²) in [4.78, 5) is 27.2. The first-order valence-electron chi connectivity index (χ1n) is 13.1. The topological polar surface area (TPSA) is 52.6 Å². The van der Waals surface area contributed by atoms with Crippen LogP contribution in [0.25, 0.3) is 0 Å². The minimum Gasteiger partial charge on any atom is -0.453 e. The zero-order valence-corrected chi connectivity index (χ0v) is 21.8. The summed E-state index contributed by atoms with van der Waals surface area (Å²) in [5.41, 5.74) is 3.93. The van der Waals surface area contributed by atoms with E-state index in [9.17, 15) is 9.59 Å². The highest BCUT2D eigenvalue weighted by Gasteiger charge is 2.68. The molecule has 0 aromatic heterocycles. The molecule has 0 fully saturated rings. The highest BCUT2D eigenvalue weighted by atomic mass is 16.6. The van der Waals surface area contributed by atoms with Crippen molar-refractivity contribution in [1.82, 2.24) is 0 Å². The van der Waals surface area contributed by atoms with Crippen molar-refractivity contribution in [1.29, 1.82) is 0 Å². The molecule has 0 radical (unpaired) electrons. The number of rotatable bonds is 5. The van der Waals surface area contributed by atoms with Gasteiger partial charge in [-0.3, -0.25) is 0 Å². The summed E-state index contributed by atoms with van der Waals surface area (Å²) in [5, 5.41) is 0. The fourth-order valence-electron chi connectivity index (χ4n) is 6.84.